The number of hydrogen-bond donors (Lipinski definition) is 0. The van der Waals surface area contributed by atoms with E-state index >= 15 is 0 Å². The molecule has 1 aromatic rings. The summed E-state index contributed by atoms with van der Waals surface area (Å²) < 4.78 is 18.7. The lowest BCUT2D eigenvalue weighted by atomic mass is 10.2. The average molecular weight is 269 g/mol. The molecule has 0 unspecified atom stereocenters. The van der Waals surface area contributed by atoms with Gasteiger partial charge in [-0.2, -0.15) is 0 Å². The van der Waals surface area contributed by atoms with Crippen LogP contribution in [0.2, 0.25) is 0 Å². The third-order valence-electron chi connectivity index (χ3n) is 2.49. The number of unbranched alkanes of at least 4 members (excludes halogenated alkanes) is 3. The molecule has 0 radical (unpaired) electrons. The lowest BCUT2D eigenvalue weighted by Gasteiger charge is -2.08. The van der Waals surface area contributed by atoms with E-state index in [1.54, 1.807) is 6.07 Å². The summed E-state index contributed by atoms with van der Waals surface area (Å²) in [7, 11) is 0. The maximum atomic E-state index is 13.1. The quantitative estimate of drug-likeness (QED) is 0.423. The van der Waals surface area contributed by atoms with Crippen molar-refractivity contribution in [3.05, 3.63) is 29.6 Å². The maximum absolute atomic E-state index is 13.1. The minimum atomic E-state index is -0.313. The molecular formula is C15H18ClFO. The molecule has 1 aromatic carbocycles. The van der Waals surface area contributed by atoms with Crippen LogP contribution in [0.3, 0.4) is 0 Å². The van der Waals surface area contributed by atoms with E-state index in [0.29, 0.717) is 17.9 Å². The van der Waals surface area contributed by atoms with Crippen molar-refractivity contribution in [1.82, 2.24) is 0 Å². The van der Waals surface area contributed by atoms with Gasteiger partial charge in [-0.25, -0.2) is 4.39 Å². The number of halogens is 2. The standard InChI is InChI=1S/C15H18ClFO/c1-2-3-4-5-11-18-15-9-8-14(17)12-13(15)7-6-10-16/h8-9,12H,2-5,10-11H2,1H3. The molecular weight excluding hydrogens is 251 g/mol. The molecule has 0 aliphatic heterocycles. The Morgan fingerprint density at radius 3 is 2.83 bits per heavy atom. The highest BCUT2D eigenvalue weighted by molar-refractivity contribution is 6.19. The van der Waals surface area contributed by atoms with Crippen molar-refractivity contribution in [2.24, 2.45) is 0 Å². The van der Waals surface area contributed by atoms with Crippen LogP contribution in [0.25, 0.3) is 0 Å². The van der Waals surface area contributed by atoms with Crippen LogP contribution in [0.1, 0.15) is 38.2 Å². The zero-order chi connectivity index (χ0) is 13.2. The number of benzene rings is 1. The first-order valence-electron chi connectivity index (χ1n) is 6.25. The van der Waals surface area contributed by atoms with Crippen molar-refractivity contribution in [3.8, 4) is 17.6 Å². The maximum Gasteiger partial charge on any atom is 0.135 e. The van der Waals surface area contributed by atoms with Crippen molar-refractivity contribution in [3.63, 3.8) is 0 Å². The summed E-state index contributed by atoms with van der Waals surface area (Å²) in [6.07, 6.45) is 4.57. The third kappa shape index (κ3) is 5.42. The smallest absolute Gasteiger partial charge is 0.135 e. The highest BCUT2D eigenvalue weighted by atomic mass is 35.5. The minimum Gasteiger partial charge on any atom is -0.492 e. The average Bonchev–Trinajstić information content (AvgIpc) is 2.38. The summed E-state index contributed by atoms with van der Waals surface area (Å²) >= 11 is 5.50. The normalized spacial score (nSPS) is 9.72. The van der Waals surface area contributed by atoms with E-state index in [-0.39, 0.29) is 11.7 Å². The number of ether oxygens (including phenoxy) is 1. The Labute approximate surface area is 113 Å². The predicted octanol–water partition coefficient (Wildman–Crippen LogP) is 4.38. The minimum absolute atomic E-state index is 0.229. The van der Waals surface area contributed by atoms with Gasteiger partial charge in [-0.15, -0.1) is 11.6 Å². The predicted molar refractivity (Wildman–Crippen MR) is 73.6 cm³/mol. The molecule has 18 heavy (non-hydrogen) atoms. The van der Waals surface area contributed by atoms with Gasteiger partial charge < -0.3 is 4.74 Å². The highest BCUT2D eigenvalue weighted by Crippen LogP contribution is 2.19. The second kappa shape index (κ2) is 8.83. The molecule has 98 valence electrons. The fourth-order valence-corrected chi connectivity index (χ4v) is 1.63. The molecule has 0 N–H and O–H groups in total. The summed E-state index contributed by atoms with van der Waals surface area (Å²) in [6.45, 7) is 2.81. The Morgan fingerprint density at radius 1 is 1.28 bits per heavy atom. The lowest BCUT2D eigenvalue weighted by molar-refractivity contribution is 0.304. The third-order valence-corrected chi connectivity index (χ3v) is 2.62. The van der Waals surface area contributed by atoms with Gasteiger partial charge in [0.15, 0.2) is 0 Å². The summed E-state index contributed by atoms with van der Waals surface area (Å²) in [5.41, 5.74) is 0.561. The Bertz CT molecular complexity index is 420. The highest BCUT2D eigenvalue weighted by Gasteiger charge is 2.03. The second-order valence-corrected chi connectivity index (χ2v) is 4.25. The van der Waals surface area contributed by atoms with E-state index in [9.17, 15) is 4.39 Å². The topological polar surface area (TPSA) is 9.23 Å². The summed E-state index contributed by atoms with van der Waals surface area (Å²) in [5.74, 6) is 6.07. The fourth-order valence-electron chi connectivity index (χ4n) is 1.57. The molecule has 0 atom stereocenters. The van der Waals surface area contributed by atoms with Crippen molar-refractivity contribution in [2.75, 3.05) is 12.5 Å². The van der Waals surface area contributed by atoms with Crippen molar-refractivity contribution >= 4 is 11.6 Å². The van der Waals surface area contributed by atoms with E-state index in [4.69, 9.17) is 16.3 Å². The molecule has 0 aliphatic rings. The zero-order valence-corrected chi connectivity index (χ0v) is 11.4. The fraction of sp³-hybridized carbons (Fsp3) is 0.467. The largest absolute Gasteiger partial charge is 0.492 e. The van der Waals surface area contributed by atoms with Crippen molar-refractivity contribution < 1.29 is 9.13 Å². The molecule has 0 saturated carbocycles. The Morgan fingerprint density at radius 2 is 2.11 bits per heavy atom. The zero-order valence-electron chi connectivity index (χ0n) is 10.6. The van der Waals surface area contributed by atoms with Crippen LogP contribution < -0.4 is 4.74 Å². The van der Waals surface area contributed by atoms with Crippen LogP contribution in [-0.2, 0) is 0 Å². The van der Waals surface area contributed by atoms with Gasteiger partial charge in [0.05, 0.1) is 18.1 Å². The van der Waals surface area contributed by atoms with Crippen LogP contribution >= 0.6 is 11.6 Å². The SMILES string of the molecule is CCCCCCOc1ccc(F)cc1C#CCCl. The van der Waals surface area contributed by atoms with Gasteiger partial charge in [-0.05, 0) is 24.6 Å². The van der Waals surface area contributed by atoms with Gasteiger partial charge in [-0.3, -0.25) is 0 Å². The van der Waals surface area contributed by atoms with E-state index in [0.717, 1.165) is 12.8 Å². The van der Waals surface area contributed by atoms with Crippen LogP contribution in [0.15, 0.2) is 18.2 Å². The van der Waals surface area contributed by atoms with Gasteiger partial charge in [0, 0.05) is 0 Å². The summed E-state index contributed by atoms with van der Waals surface area (Å²) in [5, 5.41) is 0. The van der Waals surface area contributed by atoms with Crippen LogP contribution in [-0.4, -0.2) is 12.5 Å². The molecule has 0 spiro atoms. The number of rotatable bonds is 6. The molecule has 0 aromatic heterocycles. The van der Waals surface area contributed by atoms with Gasteiger partial charge in [0.2, 0.25) is 0 Å². The summed E-state index contributed by atoms with van der Waals surface area (Å²) in [6, 6.07) is 4.38. The van der Waals surface area contributed by atoms with Gasteiger partial charge in [0.1, 0.15) is 11.6 Å². The number of hydrogen-bond acceptors (Lipinski definition) is 1. The van der Waals surface area contributed by atoms with Crippen molar-refractivity contribution in [1.29, 1.82) is 0 Å². The molecule has 0 heterocycles. The Hall–Kier alpha value is -1.20. The van der Waals surface area contributed by atoms with Gasteiger partial charge in [0.25, 0.3) is 0 Å². The van der Waals surface area contributed by atoms with E-state index in [1.807, 2.05) is 0 Å². The molecule has 1 rings (SSSR count). The Balaban J connectivity index is 2.58. The molecule has 0 amide bonds. The van der Waals surface area contributed by atoms with Gasteiger partial charge in [-0.1, -0.05) is 38.0 Å². The van der Waals surface area contributed by atoms with Crippen molar-refractivity contribution in [2.45, 2.75) is 32.6 Å². The molecule has 0 aliphatic carbocycles. The summed E-state index contributed by atoms with van der Waals surface area (Å²) in [4.78, 5) is 0. The van der Waals surface area contributed by atoms with Crippen LogP contribution in [0.5, 0.6) is 5.75 Å². The molecule has 1 nitrogen and oxygen atoms in total. The van der Waals surface area contributed by atoms with Crippen LogP contribution in [0, 0.1) is 17.7 Å². The molecule has 0 saturated heterocycles. The molecule has 3 heteroatoms. The second-order valence-electron chi connectivity index (χ2n) is 3.99. The Kier molecular flexibility index (Phi) is 7.29. The first-order chi connectivity index (χ1) is 8.77. The first kappa shape index (κ1) is 14.9. The van der Waals surface area contributed by atoms with E-state index in [2.05, 4.69) is 18.8 Å². The lowest BCUT2D eigenvalue weighted by Crippen LogP contribution is -1.99. The van der Waals surface area contributed by atoms with Gasteiger partial charge >= 0.3 is 0 Å². The van der Waals surface area contributed by atoms with E-state index < -0.39 is 0 Å². The molecule has 0 bridgehead atoms. The van der Waals surface area contributed by atoms with Crippen LogP contribution in [0.4, 0.5) is 4.39 Å². The monoisotopic (exact) mass is 268 g/mol. The first-order valence-corrected chi connectivity index (χ1v) is 6.78. The number of alkyl halides is 1. The van der Waals surface area contributed by atoms with E-state index in [1.165, 1.54) is 25.0 Å². The molecule has 0 fully saturated rings.